The number of halogens is 1. The number of ether oxygens (including phenoxy) is 1. The summed E-state index contributed by atoms with van der Waals surface area (Å²) in [4.78, 5) is 12.2. The maximum absolute atomic E-state index is 13.4. The average Bonchev–Trinajstić information content (AvgIpc) is 2.65. The van der Waals surface area contributed by atoms with E-state index in [1.165, 1.54) is 16.7 Å². The summed E-state index contributed by atoms with van der Waals surface area (Å²) < 4.78 is 20.2. The average molecular weight is 293 g/mol. The van der Waals surface area contributed by atoms with Gasteiger partial charge in [0.05, 0.1) is 11.6 Å². The van der Waals surface area contributed by atoms with E-state index in [0.29, 0.717) is 22.9 Å². The molecule has 0 saturated heterocycles. The molecular weight excluding hydrogens is 273 g/mol. The van der Waals surface area contributed by atoms with Gasteiger partial charge in [-0.3, -0.25) is 4.57 Å². The topological polar surface area (TPSA) is 51.5 Å². The molecule has 1 aromatic heterocycles. The Morgan fingerprint density at radius 1 is 1.43 bits per heavy atom. The highest BCUT2D eigenvalue weighted by molar-refractivity contribution is 5.92. The van der Waals surface area contributed by atoms with E-state index in [0.717, 1.165) is 0 Å². The van der Waals surface area contributed by atoms with Crippen molar-refractivity contribution in [3.05, 3.63) is 35.8 Å². The van der Waals surface area contributed by atoms with Crippen LogP contribution in [0, 0.1) is 5.82 Å². The minimum atomic E-state index is -0.613. The summed E-state index contributed by atoms with van der Waals surface area (Å²) in [5.74, 6) is -0.378. The van der Waals surface area contributed by atoms with Crippen LogP contribution in [0.25, 0.3) is 10.9 Å². The van der Waals surface area contributed by atoms with Crippen molar-refractivity contribution in [2.75, 3.05) is 0 Å². The van der Waals surface area contributed by atoms with Crippen LogP contribution < -0.4 is 0 Å². The van der Waals surface area contributed by atoms with Gasteiger partial charge in [-0.05, 0) is 51.5 Å². The van der Waals surface area contributed by atoms with Crippen molar-refractivity contribution in [1.82, 2.24) is 4.57 Å². The van der Waals surface area contributed by atoms with Gasteiger partial charge in [-0.2, -0.15) is 0 Å². The molecule has 0 aliphatic rings. The Labute approximate surface area is 123 Å². The molecule has 2 aromatic rings. The molecule has 0 aliphatic carbocycles. The lowest BCUT2D eigenvalue weighted by Gasteiger charge is -2.19. The smallest absolute Gasteiger partial charge is 0.419 e. The summed E-state index contributed by atoms with van der Waals surface area (Å²) in [5.41, 5.74) is 0.671. The SMILES string of the molecule is C[C@@H](O)Cc1cn(C(=O)OC(C)(C)C)c2ccc(F)cc12. The number of fused-ring (bicyclic) bond motifs is 1. The van der Waals surface area contributed by atoms with Gasteiger partial charge >= 0.3 is 6.09 Å². The van der Waals surface area contributed by atoms with E-state index in [4.69, 9.17) is 4.74 Å². The Hall–Kier alpha value is -1.88. The lowest BCUT2D eigenvalue weighted by molar-refractivity contribution is 0.0544. The number of benzene rings is 1. The highest BCUT2D eigenvalue weighted by Gasteiger charge is 2.21. The molecule has 1 N–H and O–H groups in total. The van der Waals surface area contributed by atoms with Gasteiger partial charge in [0.2, 0.25) is 0 Å². The zero-order valence-corrected chi connectivity index (χ0v) is 12.7. The van der Waals surface area contributed by atoms with Crippen LogP contribution in [0.2, 0.25) is 0 Å². The van der Waals surface area contributed by atoms with Crippen molar-refractivity contribution in [2.45, 2.75) is 45.8 Å². The number of aliphatic hydroxyl groups is 1. The molecule has 5 heteroatoms. The molecule has 0 saturated carbocycles. The van der Waals surface area contributed by atoms with Crippen molar-refractivity contribution >= 4 is 17.0 Å². The third-order valence-corrected chi connectivity index (χ3v) is 2.95. The van der Waals surface area contributed by atoms with Crippen LogP contribution in [0.1, 0.15) is 33.3 Å². The maximum atomic E-state index is 13.4. The quantitative estimate of drug-likeness (QED) is 0.922. The zero-order valence-electron chi connectivity index (χ0n) is 12.7. The Morgan fingerprint density at radius 3 is 2.67 bits per heavy atom. The lowest BCUT2D eigenvalue weighted by Crippen LogP contribution is -2.26. The summed E-state index contributed by atoms with van der Waals surface area (Å²) >= 11 is 0. The molecule has 0 radical (unpaired) electrons. The highest BCUT2D eigenvalue weighted by atomic mass is 19.1. The summed E-state index contributed by atoms with van der Waals surface area (Å²) in [6.07, 6.45) is 0.850. The first-order chi connectivity index (χ1) is 9.67. The van der Waals surface area contributed by atoms with Crippen molar-refractivity contribution in [1.29, 1.82) is 0 Å². The molecule has 0 spiro atoms. The van der Waals surface area contributed by atoms with Crippen LogP contribution in [0.15, 0.2) is 24.4 Å². The van der Waals surface area contributed by atoms with E-state index >= 15 is 0 Å². The minimum Gasteiger partial charge on any atom is -0.443 e. The second kappa shape index (κ2) is 5.48. The van der Waals surface area contributed by atoms with E-state index in [1.54, 1.807) is 40.0 Å². The molecule has 1 aromatic carbocycles. The molecule has 0 aliphatic heterocycles. The fourth-order valence-corrected chi connectivity index (χ4v) is 2.21. The number of hydrogen-bond acceptors (Lipinski definition) is 3. The Kier molecular flexibility index (Phi) is 4.05. The van der Waals surface area contributed by atoms with E-state index in [-0.39, 0.29) is 5.82 Å². The molecule has 114 valence electrons. The van der Waals surface area contributed by atoms with Gasteiger partial charge < -0.3 is 9.84 Å². The van der Waals surface area contributed by atoms with Crippen LogP contribution in [0.5, 0.6) is 0 Å². The van der Waals surface area contributed by atoms with Gasteiger partial charge in [-0.25, -0.2) is 9.18 Å². The van der Waals surface area contributed by atoms with E-state index in [1.807, 2.05) is 0 Å². The van der Waals surface area contributed by atoms with Gasteiger partial charge in [-0.15, -0.1) is 0 Å². The standard InChI is InChI=1S/C16H20FNO3/c1-10(19)7-11-9-18(15(20)21-16(2,3)4)14-6-5-12(17)8-13(11)14/h5-6,8-10,19H,7H2,1-4H3/t10-/m1/s1. The molecule has 2 rings (SSSR count). The molecular formula is C16H20FNO3. The first kappa shape index (κ1) is 15.5. The third kappa shape index (κ3) is 3.61. The first-order valence-corrected chi connectivity index (χ1v) is 6.88. The monoisotopic (exact) mass is 293 g/mol. The highest BCUT2D eigenvalue weighted by Crippen LogP contribution is 2.25. The van der Waals surface area contributed by atoms with E-state index in [9.17, 15) is 14.3 Å². The maximum Gasteiger partial charge on any atom is 0.419 e. The predicted molar refractivity (Wildman–Crippen MR) is 78.9 cm³/mol. The van der Waals surface area contributed by atoms with E-state index in [2.05, 4.69) is 0 Å². The number of carbonyl (C=O) groups is 1. The Bertz CT molecular complexity index is 668. The molecule has 1 heterocycles. The van der Waals surface area contributed by atoms with Gasteiger partial charge in [0.1, 0.15) is 11.4 Å². The van der Waals surface area contributed by atoms with Gasteiger partial charge in [0.25, 0.3) is 0 Å². The fraction of sp³-hybridized carbons (Fsp3) is 0.438. The van der Waals surface area contributed by atoms with Crippen LogP contribution in [-0.2, 0) is 11.2 Å². The van der Waals surface area contributed by atoms with Crippen molar-refractivity contribution in [3.8, 4) is 0 Å². The normalized spacial score (nSPS) is 13.4. The second-order valence-electron chi connectivity index (χ2n) is 6.22. The van der Waals surface area contributed by atoms with E-state index < -0.39 is 17.8 Å². The Morgan fingerprint density at radius 2 is 2.10 bits per heavy atom. The number of rotatable bonds is 2. The third-order valence-electron chi connectivity index (χ3n) is 2.95. The molecule has 0 amide bonds. The molecule has 4 nitrogen and oxygen atoms in total. The van der Waals surface area contributed by atoms with Gasteiger partial charge in [0, 0.05) is 18.0 Å². The van der Waals surface area contributed by atoms with Gasteiger partial charge in [-0.1, -0.05) is 0 Å². The summed E-state index contributed by atoms with van der Waals surface area (Å²) in [6.45, 7) is 7.00. The van der Waals surface area contributed by atoms with Crippen LogP contribution in [0.3, 0.4) is 0 Å². The van der Waals surface area contributed by atoms with Crippen LogP contribution in [0.4, 0.5) is 9.18 Å². The summed E-state index contributed by atoms with van der Waals surface area (Å²) in [5, 5.41) is 10.2. The summed E-state index contributed by atoms with van der Waals surface area (Å²) in [7, 11) is 0. The Balaban J connectivity index is 2.51. The molecule has 21 heavy (non-hydrogen) atoms. The van der Waals surface area contributed by atoms with Crippen molar-refractivity contribution in [2.24, 2.45) is 0 Å². The van der Waals surface area contributed by atoms with Gasteiger partial charge in [0.15, 0.2) is 0 Å². The zero-order chi connectivity index (χ0) is 15.8. The number of aliphatic hydroxyl groups excluding tert-OH is 1. The predicted octanol–water partition coefficient (Wildman–Crippen LogP) is 3.49. The number of carbonyl (C=O) groups excluding carboxylic acids is 1. The van der Waals surface area contributed by atoms with Crippen LogP contribution in [-0.4, -0.2) is 27.5 Å². The molecule has 0 fully saturated rings. The lowest BCUT2D eigenvalue weighted by atomic mass is 10.1. The molecule has 0 bridgehead atoms. The molecule has 0 unspecified atom stereocenters. The van der Waals surface area contributed by atoms with Crippen LogP contribution >= 0.6 is 0 Å². The van der Waals surface area contributed by atoms with Crippen molar-refractivity contribution in [3.63, 3.8) is 0 Å². The fourth-order valence-electron chi connectivity index (χ4n) is 2.21. The molecule has 1 atom stereocenters. The number of hydrogen-bond donors (Lipinski definition) is 1. The number of aromatic nitrogens is 1. The first-order valence-electron chi connectivity index (χ1n) is 6.88. The largest absolute Gasteiger partial charge is 0.443 e. The number of nitrogens with zero attached hydrogens (tertiary/aromatic N) is 1. The minimum absolute atomic E-state index is 0.343. The van der Waals surface area contributed by atoms with Crippen molar-refractivity contribution < 1.29 is 19.0 Å². The second-order valence-corrected chi connectivity index (χ2v) is 6.22. The summed E-state index contributed by atoms with van der Waals surface area (Å²) in [6, 6.07) is 4.21.